The van der Waals surface area contributed by atoms with E-state index in [1.54, 1.807) is 13.8 Å². The van der Waals surface area contributed by atoms with Crippen LogP contribution in [0.15, 0.2) is 54.6 Å². The number of amides is 1. The summed E-state index contributed by atoms with van der Waals surface area (Å²) < 4.78 is 5.10. The third-order valence-electron chi connectivity index (χ3n) is 4.74. The molecule has 0 aromatic heterocycles. The maximum Gasteiger partial charge on any atom is 0.317 e. The molecule has 30 heavy (non-hydrogen) atoms. The molecule has 5 nitrogen and oxygen atoms in total. The maximum atomic E-state index is 13.0. The van der Waals surface area contributed by atoms with E-state index in [4.69, 9.17) is 4.74 Å². The minimum atomic E-state index is -1.14. The molecule has 1 unspecified atom stereocenters. The van der Waals surface area contributed by atoms with Crippen LogP contribution >= 0.6 is 0 Å². The lowest BCUT2D eigenvalue weighted by molar-refractivity contribution is -0.156. The third-order valence-corrected chi connectivity index (χ3v) is 4.74. The third kappa shape index (κ3) is 6.55. The van der Waals surface area contributed by atoms with Crippen LogP contribution in [-0.2, 0) is 25.5 Å². The Morgan fingerprint density at radius 2 is 1.50 bits per heavy atom. The highest BCUT2D eigenvalue weighted by molar-refractivity contribution is 6.04. The molecule has 0 saturated carbocycles. The maximum absolute atomic E-state index is 13.0. The van der Waals surface area contributed by atoms with Crippen molar-refractivity contribution < 1.29 is 19.1 Å². The molecular weight excluding hydrogens is 378 g/mol. The molecule has 160 valence electrons. The van der Waals surface area contributed by atoms with Crippen LogP contribution in [0.5, 0.6) is 0 Å². The summed E-state index contributed by atoms with van der Waals surface area (Å²) in [5.74, 6) is -3.27. The summed E-state index contributed by atoms with van der Waals surface area (Å²) in [4.78, 5) is 38.1. The van der Waals surface area contributed by atoms with Gasteiger partial charge in [0.1, 0.15) is 5.92 Å². The standard InChI is InChI=1S/C25H31NO4/c1-6-30-24(29)22(17(2)23(28)26-25(3,4)5)21(27)16-18-12-14-20(15-13-18)19-10-8-7-9-11-19/h7-15,17,22H,6,16H2,1-5H3,(H,26,28)/t17-,22?/m1/s1. The molecule has 0 heterocycles. The monoisotopic (exact) mass is 409 g/mol. The van der Waals surface area contributed by atoms with Gasteiger partial charge in [0.15, 0.2) is 5.78 Å². The first kappa shape index (κ1) is 23.3. The second-order valence-electron chi connectivity index (χ2n) is 8.46. The van der Waals surface area contributed by atoms with Crippen molar-refractivity contribution >= 4 is 17.7 Å². The van der Waals surface area contributed by atoms with Crippen LogP contribution < -0.4 is 5.32 Å². The highest BCUT2D eigenvalue weighted by Gasteiger charge is 2.38. The van der Waals surface area contributed by atoms with Crippen molar-refractivity contribution in [2.75, 3.05) is 6.61 Å². The number of nitrogens with one attached hydrogen (secondary N) is 1. The fourth-order valence-corrected chi connectivity index (χ4v) is 3.24. The molecule has 0 saturated heterocycles. The first-order valence-corrected chi connectivity index (χ1v) is 10.3. The van der Waals surface area contributed by atoms with Crippen LogP contribution in [0, 0.1) is 11.8 Å². The van der Waals surface area contributed by atoms with E-state index in [0.29, 0.717) is 0 Å². The Balaban J connectivity index is 2.17. The molecule has 0 aliphatic heterocycles. The smallest absolute Gasteiger partial charge is 0.317 e. The zero-order valence-corrected chi connectivity index (χ0v) is 18.4. The molecular formula is C25H31NO4. The van der Waals surface area contributed by atoms with Gasteiger partial charge in [-0.3, -0.25) is 14.4 Å². The van der Waals surface area contributed by atoms with E-state index in [9.17, 15) is 14.4 Å². The zero-order chi connectivity index (χ0) is 22.3. The van der Waals surface area contributed by atoms with Crippen LogP contribution in [-0.4, -0.2) is 29.8 Å². The van der Waals surface area contributed by atoms with E-state index >= 15 is 0 Å². The first-order chi connectivity index (χ1) is 14.1. The van der Waals surface area contributed by atoms with Gasteiger partial charge in [0.05, 0.1) is 12.5 Å². The Morgan fingerprint density at radius 1 is 0.933 bits per heavy atom. The van der Waals surface area contributed by atoms with Crippen molar-refractivity contribution in [2.24, 2.45) is 11.8 Å². The Labute approximate surface area is 178 Å². The van der Waals surface area contributed by atoms with E-state index in [2.05, 4.69) is 5.32 Å². The average molecular weight is 410 g/mol. The van der Waals surface area contributed by atoms with E-state index in [-0.39, 0.29) is 24.7 Å². The molecule has 2 atom stereocenters. The van der Waals surface area contributed by atoms with Gasteiger partial charge in [-0.1, -0.05) is 61.5 Å². The quantitative estimate of drug-likeness (QED) is 0.524. The minimum absolute atomic E-state index is 0.0612. The van der Waals surface area contributed by atoms with Gasteiger partial charge in [-0.15, -0.1) is 0 Å². The van der Waals surface area contributed by atoms with Gasteiger partial charge in [-0.2, -0.15) is 0 Å². The van der Waals surface area contributed by atoms with Gasteiger partial charge in [0.25, 0.3) is 0 Å². The number of hydrogen-bond donors (Lipinski definition) is 1. The summed E-state index contributed by atoms with van der Waals surface area (Å²) in [6.45, 7) is 9.00. The van der Waals surface area contributed by atoms with E-state index in [0.717, 1.165) is 16.7 Å². The number of carbonyl (C=O) groups excluding carboxylic acids is 3. The van der Waals surface area contributed by atoms with Crippen molar-refractivity contribution in [3.05, 3.63) is 60.2 Å². The Hall–Kier alpha value is -2.95. The molecule has 1 N–H and O–H groups in total. The summed E-state index contributed by atoms with van der Waals surface area (Å²) in [6, 6.07) is 17.6. The molecule has 0 radical (unpaired) electrons. The van der Waals surface area contributed by atoms with Crippen LogP contribution in [0.3, 0.4) is 0 Å². The SMILES string of the molecule is CCOC(=O)C(C(=O)Cc1ccc(-c2ccccc2)cc1)[C@@H](C)C(=O)NC(C)(C)C. The molecule has 1 amide bonds. The fourth-order valence-electron chi connectivity index (χ4n) is 3.24. The van der Waals surface area contributed by atoms with E-state index < -0.39 is 23.3 Å². The van der Waals surface area contributed by atoms with Crippen molar-refractivity contribution in [3.63, 3.8) is 0 Å². The van der Waals surface area contributed by atoms with Gasteiger partial charge in [-0.05, 0) is 44.4 Å². The van der Waals surface area contributed by atoms with Crippen molar-refractivity contribution in [1.82, 2.24) is 5.32 Å². The van der Waals surface area contributed by atoms with Gasteiger partial charge < -0.3 is 10.1 Å². The lowest BCUT2D eigenvalue weighted by Crippen LogP contribution is -2.47. The number of ketones is 1. The lowest BCUT2D eigenvalue weighted by Gasteiger charge is -2.26. The predicted molar refractivity (Wildman–Crippen MR) is 118 cm³/mol. The van der Waals surface area contributed by atoms with Gasteiger partial charge >= 0.3 is 5.97 Å². The highest BCUT2D eigenvalue weighted by Crippen LogP contribution is 2.22. The van der Waals surface area contributed by atoms with Crippen molar-refractivity contribution in [1.29, 1.82) is 0 Å². The Bertz CT molecular complexity index is 866. The molecule has 5 heteroatoms. The van der Waals surface area contributed by atoms with Crippen molar-refractivity contribution in [3.8, 4) is 11.1 Å². The summed E-state index contributed by atoms with van der Waals surface area (Å²) in [5, 5.41) is 2.84. The van der Waals surface area contributed by atoms with Crippen LogP contribution in [0.1, 0.15) is 40.2 Å². The number of ether oxygens (including phenoxy) is 1. The van der Waals surface area contributed by atoms with E-state index in [1.807, 2.05) is 75.4 Å². The fraction of sp³-hybridized carbons (Fsp3) is 0.400. The summed E-state index contributed by atoms with van der Waals surface area (Å²) in [6.07, 6.45) is 0.0612. The van der Waals surface area contributed by atoms with E-state index in [1.165, 1.54) is 0 Å². The first-order valence-electron chi connectivity index (χ1n) is 10.3. The number of esters is 1. The Morgan fingerprint density at radius 3 is 2.03 bits per heavy atom. The molecule has 2 aromatic carbocycles. The number of benzene rings is 2. The largest absolute Gasteiger partial charge is 0.465 e. The van der Waals surface area contributed by atoms with Gasteiger partial charge in [0, 0.05) is 12.0 Å². The summed E-state index contributed by atoms with van der Waals surface area (Å²) >= 11 is 0. The molecule has 0 aliphatic carbocycles. The molecule has 0 spiro atoms. The molecule has 0 fully saturated rings. The van der Waals surface area contributed by atoms with Crippen LogP contribution in [0.2, 0.25) is 0 Å². The predicted octanol–water partition coefficient (Wildman–Crippen LogP) is 4.20. The van der Waals surface area contributed by atoms with Gasteiger partial charge in [-0.25, -0.2) is 0 Å². The molecule has 0 bridgehead atoms. The molecule has 0 aliphatic rings. The number of carbonyl (C=O) groups is 3. The average Bonchev–Trinajstić information content (AvgIpc) is 2.68. The highest BCUT2D eigenvalue weighted by atomic mass is 16.5. The van der Waals surface area contributed by atoms with Crippen molar-refractivity contribution in [2.45, 2.75) is 46.6 Å². The lowest BCUT2D eigenvalue weighted by atomic mass is 9.85. The second kappa shape index (κ2) is 10.2. The van der Waals surface area contributed by atoms with Crippen LogP contribution in [0.4, 0.5) is 0 Å². The normalized spacial score (nSPS) is 13.2. The number of rotatable bonds is 8. The molecule has 2 rings (SSSR count). The van der Waals surface area contributed by atoms with Crippen LogP contribution in [0.25, 0.3) is 11.1 Å². The Kier molecular flexibility index (Phi) is 7.93. The second-order valence-corrected chi connectivity index (χ2v) is 8.46. The number of Topliss-reactive ketones (excluding diaryl/α,β-unsaturated/α-hetero) is 1. The topological polar surface area (TPSA) is 72.5 Å². The molecule has 2 aromatic rings. The van der Waals surface area contributed by atoms with Gasteiger partial charge in [0.2, 0.25) is 5.91 Å². The zero-order valence-electron chi connectivity index (χ0n) is 18.4. The summed E-state index contributed by atoms with van der Waals surface area (Å²) in [5.41, 5.74) is 2.47. The minimum Gasteiger partial charge on any atom is -0.465 e. The number of hydrogen-bond acceptors (Lipinski definition) is 4. The summed E-state index contributed by atoms with van der Waals surface area (Å²) in [7, 11) is 0.